The van der Waals surface area contributed by atoms with E-state index in [1.807, 2.05) is 0 Å². The molecular formula is C16H26BrN3. The number of nitrogens with zero attached hydrogens (tertiary/aromatic N) is 2. The Morgan fingerprint density at radius 2 is 2.15 bits per heavy atom. The highest BCUT2D eigenvalue weighted by atomic mass is 79.9. The van der Waals surface area contributed by atoms with E-state index in [1.165, 1.54) is 17.7 Å². The van der Waals surface area contributed by atoms with Crippen LogP contribution in [0.5, 0.6) is 0 Å². The standard InChI is InChI=1S/C16H26BrN3/c1-4-7-18-11-14-10-15(17)5-6-16(14)20-9-8-19(3)12-13(20)2/h5-6,10,13,18H,4,7-9,11-12H2,1-3H3. The number of hydrogen-bond acceptors (Lipinski definition) is 3. The van der Waals surface area contributed by atoms with Crippen LogP contribution in [0, 0.1) is 0 Å². The van der Waals surface area contributed by atoms with Crippen molar-refractivity contribution in [1.82, 2.24) is 10.2 Å². The van der Waals surface area contributed by atoms with Gasteiger partial charge in [0.25, 0.3) is 0 Å². The molecule has 0 saturated carbocycles. The Morgan fingerprint density at radius 3 is 2.85 bits per heavy atom. The minimum atomic E-state index is 0.569. The molecule has 4 heteroatoms. The summed E-state index contributed by atoms with van der Waals surface area (Å²) in [5.41, 5.74) is 2.78. The average molecular weight is 340 g/mol. The summed E-state index contributed by atoms with van der Waals surface area (Å²) in [6.45, 7) is 9.93. The highest BCUT2D eigenvalue weighted by molar-refractivity contribution is 9.10. The second-order valence-corrected chi connectivity index (χ2v) is 6.67. The van der Waals surface area contributed by atoms with Gasteiger partial charge in [-0.3, -0.25) is 0 Å². The molecule has 1 unspecified atom stereocenters. The van der Waals surface area contributed by atoms with Gasteiger partial charge in [0.2, 0.25) is 0 Å². The first-order valence-electron chi connectivity index (χ1n) is 7.56. The van der Waals surface area contributed by atoms with Gasteiger partial charge in [0.1, 0.15) is 0 Å². The third kappa shape index (κ3) is 3.96. The molecule has 0 spiro atoms. The molecule has 0 bridgehead atoms. The van der Waals surface area contributed by atoms with E-state index in [1.54, 1.807) is 0 Å². The summed E-state index contributed by atoms with van der Waals surface area (Å²) in [5.74, 6) is 0. The molecule has 0 aliphatic carbocycles. The lowest BCUT2D eigenvalue weighted by molar-refractivity contribution is 0.275. The molecule has 0 aromatic heterocycles. The van der Waals surface area contributed by atoms with Gasteiger partial charge in [-0.25, -0.2) is 0 Å². The van der Waals surface area contributed by atoms with Gasteiger partial charge in [-0.2, -0.15) is 0 Å². The average Bonchev–Trinajstić information content (AvgIpc) is 2.40. The summed E-state index contributed by atoms with van der Waals surface area (Å²) in [4.78, 5) is 4.96. The van der Waals surface area contributed by atoms with E-state index in [4.69, 9.17) is 0 Å². The molecule has 1 atom stereocenters. The second-order valence-electron chi connectivity index (χ2n) is 5.75. The molecule has 3 nitrogen and oxygen atoms in total. The monoisotopic (exact) mass is 339 g/mol. The molecule has 20 heavy (non-hydrogen) atoms. The molecule has 1 aromatic rings. The first-order chi connectivity index (χ1) is 9.61. The summed E-state index contributed by atoms with van der Waals surface area (Å²) in [6.07, 6.45) is 1.17. The summed E-state index contributed by atoms with van der Waals surface area (Å²) < 4.78 is 1.16. The normalized spacial score (nSPS) is 20.4. The van der Waals surface area contributed by atoms with E-state index in [9.17, 15) is 0 Å². The number of rotatable bonds is 5. The molecule has 1 aromatic carbocycles. The molecule has 1 aliphatic rings. The summed E-state index contributed by atoms with van der Waals surface area (Å²) in [6, 6.07) is 7.24. The van der Waals surface area contributed by atoms with Gasteiger partial charge in [-0.1, -0.05) is 22.9 Å². The highest BCUT2D eigenvalue weighted by Gasteiger charge is 2.23. The lowest BCUT2D eigenvalue weighted by atomic mass is 10.1. The number of halogens is 1. The van der Waals surface area contributed by atoms with Crippen LogP contribution in [0.1, 0.15) is 25.8 Å². The lowest BCUT2D eigenvalue weighted by Gasteiger charge is -2.40. The van der Waals surface area contributed by atoms with Crippen LogP contribution in [0.15, 0.2) is 22.7 Å². The Hall–Kier alpha value is -0.580. The first kappa shape index (κ1) is 15.8. The number of likely N-dealkylation sites (N-methyl/N-ethyl adjacent to an activating group) is 1. The van der Waals surface area contributed by atoms with E-state index < -0.39 is 0 Å². The van der Waals surface area contributed by atoms with E-state index in [0.717, 1.165) is 37.2 Å². The van der Waals surface area contributed by atoms with Crippen LogP contribution in [0.3, 0.4) is 0 Å². The fourth-order valence-corrected chi connectivity index (χ4v) is 3.28. The Bertz CT molecular complexity index is 436. The topological polar surface area (TPSA) is 18.5 Å². The fraction of sp³-hybridized carbons (Fsp3) is 0.625. The smallest absolute Gasteiger partial charge is 0.0415 e. The number of benzene rings is 1. The maximum atomic E-state index is 3.60. The second kappa shape index (κ2) is 7.43. The number of anilines is 1. The summed E-state index contributed by atoms with van der Waals surface area (Å²) in [7, 11) is 2.21. The molecule has 1 fully saturated rings. The van der Waals surface area contributed by atoms with E-state index in [-0.39, 0.29) is 0 Å². The minimum absolute atomic E-state index is 0.569. The van der Waals surface area contributed by atoms with Crippen molar-refractivity contribution in [2.24, 2.45) is 0 Å². The number of piperazine rings is 1. The zero-order chi connectivity index (χ0) is 14.5. The van der Waals surface area contributed by atoms with Crippen LogP contribution < -0.4 is 10.2 Å². The van der Waals surface area contributed by atoms with Gasteiger partial charge in [0, 0.05) is 42.4 Å². The van der Waals surface area contributed by atoms with Crippen molar-refractivity contribution in [3.8, 4) is 0 Å². The van der Waals surface area contributed by atoms with Crippen molar-refractivity contribution in [1.29, 1.82) is 0 Å². The van der Waals surface area contributed by atoms with Crippen LogP contribution >= 0.6 is 15.9 Å². The molecule has 1 aliphatic heterocycles. The van der Waals surface area contributed by atoms with Crippen LogP contribution in [0.4, 0.5) is 5.69 Å². The Balaban J connectivity index is 2.17. The fourth-order valence-electron chi connectivity index (χ4n) is 2.87. The van der Waals surface area contributed by atoms with Gasteiger partial charge in [-0.15, -0.1) is 0 Å². The number of hydrogen-bond donors (Lipinski definition) is 1. The van der Waals surface area contributed by atoms with Crippen LogP contribution in [0.2, 0.25) is 0 Å². The Labute approximate surface area is 131 Å². The van der Waals surface area contributed by atoms with Crippen molar-refractivity contribution in [2.75, 3.05) is 38.1 Å². The van der Waals surface area contributed by atoms with Gasteiger partial charge in [-0.05, 0) is 50.7 Å². The van der Waals surface area contributed by atoms with Crippen molar-refractivity contribution < 1.29 is 0 Å². The molecule has 0 radical (unpaired) electrons. The van der Waals surface area contributed by atoms with Crippen molar-refractivity contribution in [2.45, 2.75) is 32.9 Å². The maximum Gasteiger partial charge on any atom is 0.0415 e. The third-order valence-electron chi connectivity index (χ3n) is 3.92. The summed E-state index contributed by atoms with van der Waals surface area (Å²) in [5, 5.41) is 3.52. The van der Waals surface area contributed by atoms with Gasteiger partial charge in [0.15, 0.2) is 0 Å². The van der Waals surface area contributed by atoms with Crippen LogP contribution in [-0.4, -0.2) is 44.2 Å². The van der Waals surface area contributed by atoms with Crippen molar-refractivity contribution in [3.63, 3.8) is 0 Å². The first-order valence-corrected chi connectivity index (χ1v) is 8.35. The van der Waals surface area contributed by atoms with Crippen molar-refractivity contribution >= 4 is 21.6 Å². The Morgan fingerprint density at radius 1 is 1.35 bits per heavy atom. The largest absolute Gasteiger partial charge is 0.366 e. The lowest BCUT2D eigenvalue weighted by Crippen LogP contribution is -2.50. The zero-order valence-electron chi connectivity index (χ0n) is 12.8. The predicted octanol–water partition coefficient (Wildman–Crippen LogP) is 3.09. The molecule has 2 rings (SSSR count). The third-order valence-corrected chi connectivity index (χ3v) is 4.42. The summed E-state index contributed by atoms with van der Waals surface area (Å²) >= 11 is 3.60. The maximum absolute atomic E-state index is 3.60. The molecule has 1 saturated heterocycles. The minimum Gasteiger partial charge on any atom is -0.366 e. The van der Waals surface area contributed by atoms with E-state index in [2.05, 4.69) is 70.1 Å². The SMILES string of the molecule is CCCNCc1cc(Br)ccc1N1CCN(C)CC1C. The van der Waals surface area contributed by atoms with Gasteiger partial charge < -0.3 is 15.1 Å². The zero-order valence-corrected chi connectivity index (χ0v) is 14.4. The van der Waals surface area contributed by atoms with Gasteiger partial charge in [0.05, 0.1) is 0 Å². The number of nitrogens with one attached hydrogen (secondary N) is 1. The van der Waals surface area contributed by atoms with Gasteiger partial charge >= 0.3 is 0 Å². The van der Waals surface area contributed by atoms with E-state index in [0.29, 0.717) is 6.04 Å². The Kier molecular flexibility index (Phi) is 5.87. The predicted molar refractivity (Wildman–Crippen MR) is 90.4 cm³/mol. The molecular weight excluding hydrogens is 314 g/mol. The molecule has 0 amide bonds. The highest BCUT2D eigenvalue weighted by Crippen LogP contribution is 2.27. The van der Waals surface area contributed by atoms with E-state index >= 15 is 0 Å². The molecule has 1 N–H and O–H groups in total. The quantitative estimate of drug-likeness (QED) is 0.831. The van der Waals surface area contributed by atoms with Crippen LogP contribution in [0.25, 0.3) is 0 Å². The molecule has 1 heterocycles. The molecule has 112 valence electrons. The van der Waals surface area contributed by atoms with Crippen LogP contribution in [-0.2, 0) is 6.54 Å². The van der Waals surface area contributed by atoms with Crippen molar-refractivity contribution in [3.05, 3.63) is 28.2 Å².